The van der Waals surface area contributed by atoms with Crippen molar-refractivity contribution in [3.63, 3.8) is 0 Å². The van der Waals surface area contributed by atoms with Crippen molar-refractivity contribution in [3.05, 3.63) is 29.8 Å². The fourth-order valence-corrected chi connectivity index (χ4v) is 1.36. The lowest BCUT2D eigenvalue weighted by Gasteiger charge is -2.09. The molecule has 2 nitrogen and oxygen atoms in total. The monoisotopic (exact) mass is 208 g/mol. The van der Waals surface area contributed by atoms with E-state index in [1.165, 1.54) is 0 Å². The van der Waals surface area contributed by atoms with E-state index in [-0.39, 0.29) is 6.10 Å². The molecule has 0 bridgehead atoms. The number of ether oxygens (including phenoxy) is 1. The van der Waals surface area contributed by atoms with Crippen molar-refractivity contribution < 1.29 is 9.84 Å². The lowest BCUT2D eigenvalue weighted by Crippen LogP contribution is -1.98. The maximum absolute atomic E-state index is 9.59. The van der Waals surface area contributed by atoms with Crippen molar-refractivity contribution in [1.29, 1.82) is 0 Å². The number of aliphatic hydroxyl groups is 1. The molecule has 1 N–H and O–H groups in total. The van der Waals surface area contributed by atoms with Crippen molar-refractivity contribution in [2.45, 2.75) is 39.2 Å². The van der Waals surface area contributed by atoms with Crippen molar-refractivity contribution in [3.8, 4) is 5.75 Å². The number of aliphatic hydroxyl groups excluding tert-OH is 1. The summed E-state index contributed by atoms with van der Waals surface area (Å²) in [6.07, 6.45) is 2.62. The van der Waals surface area contributed by atoms with E-state index >= 15 is 0 Å². The standard InChI is InChI=1S/C13H20O2/c1-3-5-10-15-12-8-6-11(7-9-12)13(14)4-2/h6-9,13-14H,3-5,10H2,1-2H3/t13-/m1/s1. The van der Waals surface area contributed by atoms with E-state index in [4.69, 9.17) is 4.74 Å². The van der Waals surface area contributed by atoms with Gasteiger partial charge in [0.25, 0.3) is 0 Å². The van der Waals surface area contributed by atoms with E-state index in [0.717, 1.165) is 37.2 Å². The Morgan fingerprint density at radius 3 is 2.40 bits per heavy atom. The molecule has 84 valence electrons. The van der Waals surface area contributed by atoms with Gasteiger partial charge in [0.2, 0.25) is 0 Å². The van der Waals surface area contributed by atoms with Crippen LogP contribution in [0.1, 0.15) is 44.8 Å². The summed E-state index contributed by atoms with van der Waals surface area (Å²) in [6, 6.07) is 7.69. The van der Waals surface area contributed by atoms with Crippen LogP contribution < -0.4 is 4.74 Å². The van der Waals surface area contributed by atoms with Gasteiger partial charge in [0.05, 0.1) is 12.7 Å². The quantitative estimate of drug-likeness (QED) is 0.727. The molecule has 0 fully saturated rings. The Bertz CT molecular complexity index is 266. The Labute approximate surface area is 91.9 Å². The Morgan fingerprint density at radius 2 is 1.87 bits per heavy atom. The number of benzene rings is 1. The van der Waals surface area contributed by atoms with E-state index in [1.807, 2.05) is 31.2 Å². The number of hydrogen-bond acceptors (Lipinski definition) is 2. The van der Waals surface area contributed by atoms with E-state index in [2.05, 4.69) is 6.92 Å². The summed E-state index contributed by atoms with van der Waals surface area (Å²) >= 11 is 0. The minimum absolute atomic E-state index is 0.352. The highest BCUT2D eigenvalue weighted by Crippen LogP contribution is 2.19. The minimum atomic E-state index is -0.352. The highest BCUT2D eigenvalue weighted by atomic mass is 16.5. The van der Waals surface area contributed by atoms with Crippen LogP contribution in [0.2, 0.25) is 0 Å². The van der Waals surface area contributed by atoms with Crippen LogP contribution in [0.3, 0.4) is 0 Å². The molecule has 0 unspecified atom stereocenters. The first-order valence-electron chi connectivity index (χ1n) is 5.68. The van der Waals surface area contributed by atoms with Crippen LogP contribution in [0.5, 0.6) is 5.75 Å². The van der Waals surface area contributed by atoms with Crippen LogP contribution >= 0.6 is 0 Å². The molecule has 0 aliphatic heterocycles. The Hall–Kier alpha value is -1.02. The zero-order chi connectivity index (χ0) is 11.1. The smallest absolute Gasteiger partial charge is 0.119 e. The van der Waals surface area contributed by atoms with E-state index in [0.29, 0.717) is 0 Å². The van der Waals surface area contributed by atoms with E-state index in [1.54, 1.807) is 0 Å². The summed E-state index contributed by atoms with van der Waals surface area (Å²) in [7, 11) is 0. The number of rotatable bonds is 6. The summed E-state index contributed by atoms with van der Waals surface area (Å²) in [4.78, 5) is 0. The second-order valence-electron chi connectivity index (χ2n) is 3.70. The summed E-state index contributed by atoms with van der Waals surface area (Å²) < 4.78 is 5.53. The zero-order valence-electron chi connectivity index (χ0n) is 9.57. The zero-order valence-corrected chi connectivity index (χ0v) is 9.57. The molecular formula is C13H20O2. The molecule has 0 spiro atoms. The van der Waals surface area contributed by atoms with Gasteiger partial charge in [-0.25, -0.2) is 0 Å². The summed E-state index contributed by atoms with van der Waals surface area (Å²) in [5.74, 6) is 0.885. The third-order valence-electron chi connectivity index (χ3n) is 2.42. The van der Waals surface area contributed by atoms with Gasteiger partial charge in [0.15, 0.2) is 0 Å². The minimum Gasteiger partial charge on any atom is -0.494 e. The van der Waals surface area contributed by atoms with Gasteiger partial charge < -0.3 is 9.84 Å². The van der Waals surface area contributed by atoms with Gasteiger partial charge in [-0.1, -0.05) is 32.4 Å². The molecule has 2 heteroatoms. The SMILES string of the molecule is CCCCOc1ccc([C@H](O)CC)cc1. The fraction of sp³-hybridized carbons (Fsp3) is 0.538. The average molecular weight is 208 g/mol. The molecule has 0 aliphatic carbocycles. The van der Waals surface area contributed by atoms with Crippen molar-refractivity contribution in [2.75, 3.05) is 6.61 Å². The van der Waals surface area contributed by atoms with Gasteiger partial charge in [-0.05, 0) is 30.5 Å². The van der Waals surface area contributed by atoms with Gasteiger partial charge in [-0.2, -0.15) is 0 Å². The normalized spacial score (nSPS) is 12.5. The second-order valence-corrected chi connectivity index (χ2v) is 3.70. The second kappa shape index (κ2) is 6.46. The first-order chi connectivity index (χ1) is 7.27. The highest BCUT2D eigenvalue weighted by molar-refractivity contribution is 5.28. The van der Waals surface area contributed by atoms with Gasteiger partial charge >= 0.3 is 0 Å². The molecule has 0 saturated heterocycles. The fourth-order valence-electron chi connectivity index (χ4n) is 1.36. The van der Waals surface area contributed by atoms with Crippen molar-refractivity contribution in [2.24, 2.45) is 0 Å². The maximum atomic E-state index is 9.59. The van der Waals surface area contributed by atoms with Crippen LogP contribution in [-0.2, 0) is 0 Å². The number of hydrogen-bond donors (Lipinski definition) is 1. The summed E-state index contributed by atoms with van der Waals surface area (Å²) in [6.45, 7) is 4.88. The largest absolute Gasteiger partial charge is 0.494 e. The molecule has 1 rings (SSSR count). The Balaban J connectivity index is 2.49. The average Bonchev–Trinajstić information content (AvgIpc) is 2.29. The van der Waals surface area contributed by atoms with Crippen LogP contribution in [0, 0.1) is 0 Å². The van der Waals surface area contributed by atoms with Gasteiger partial charge in [-0.3, -0.25) is 0 Å². The molecule has 0 saturated carbocycles. The van der Waals surface area contributed by atoms with Gasteiger partial charge in [0, 0.05) is 0 Å². The van der Waals surface area contributed by atoms with Crippen LogP contribution in [-0.4, -0.2) is 11.7 Å². The predicted octanol–water partition coefficient (Wildman–Crippen LogP) is 3.31. The molecule has 15 heavy (non-hydrogen) atoms. The molecule has 0 radical (unpaired) electrons. The van der Waals surface area contributed by atoms with E-state index < -0.39 is 0 Å². The Kier molecular flexibility index (Phi) is 5.19. The third kappa shape index (κ3) is 3.92. The highest BCUT2D eigenvalue weighted by Gasteiger charge is 2.03. The summed E-state index contributed by atoms with van der Waals surface area (Å²) in [5, 5.41) is 9.59. The lowest BCUT2D eigenvalue weighted by molar-refractivity contribution is 0.173. The first kappa shape index (κ1) is 12.1. The first-order valence-corrected chi connectivity index (χ1v) is 5.68. The number of unbranched alkanes of at least 4 members (excludes halogenated alkanes) is 1. The van der Waals surface area contributed by atoms with Crippen molar-refractivity contribution in [1.82, 2.24) is 0 Å². The van der Waals surface area contributed by atoms with Crippen LogP contribution in [0.15, 0.2) is 24.3 Å². The maximum Gasteiger partial charge on any atom is 0.119 e. The molecule has 0 aliphatic rings. The molecule has 1 atom stereocenters. The molecular weight excluding hydrogens is 188 g/mol. The molecule has 0 amide bonds. The predicted molar refractivity (Wildman–Crippen MR) is 62.1 cm³/mol. The lowest BCUT2D eigenvalue weighted by atomic mass is 10.1. The third-order valence-corrected chi connectivity index (χ3v) is 2.42. The van der Waals surface area contributed by atoms with Gasteiger partial charge in [0.1, 0.15) is 5.75 Å². The molecule has 0 heterocycles. The van der Waals surface area contributed by atoms with Crippen LogP contribution in [0.4, 0.5) is 0 Å². The molecule has 0 aromatic heterocycles. The molecule has 1 aromatic carbocycles. The topological polar surface area (TPSA) is 29.5 Å². The van der Waals surface area contributed by atoms with Crippen LogP contribution in [0.25, 0.3) is 0 Å². The van der Waals surface area contributed by atoms with Gasteiger partial charge in [-0.15, -0.1) is 0 Å². The van der Waals surface area contributed by atoms with Crippen molar-refractivity contribution >= 4 is 0 Å². The van der Waals surface area contributed by atoms with E-state index in [9.17, 15) is 5.11 Å². The Morgan fingerprint density at radius 1 is 1.20 bits per heavy atom. The molecule has 1 aromatic rings. The summed E-state index contributed by atoms with van der Waals surface area (Å²) in [5.41, 5.74) is 0.959.